The van der Waals surface area contributed by atoms with Gasteiger partial charge >= 0.3 is 0 Å². The van der Waals surface area contributed by atoms with Crippen molar-refractivity contribution in [3.63, 3.8) is 0 Å². The SMILES string of the molecule is CC(C)CCOc1ccc(-c2nn(-c3ccccc3)cc2C=C(C#N)c2nc3ccccc3[nH]2)cc1. The summed E-state index contributed by atoms with van der Waals surface area (Å²) in [7, 11) is 0. The highest BCUT2D eigenvalue weighted by molar-refractivity contribution is 5.92. The molecule has 0 aliphatic carbocycles. The summed E-state index contributed by atoms with van der Waals surface area (Å²) in [4.78, 5) is 7.86. The largest absolute Gasteiger partial charge is 0.494 e. The molecule has 178 valence electrons. The number of hydrogen-bond donors (Lipinski definition) is 1. The van der Waals surface area contributed by atoms with Crippen LogP contribution in [0.5, 0.6) is 5.75 Å². The molecule has 0 bridgehead atoms. The van der Waals surface area contributed by atoms with Gasteiger partial charge in [0.2, 0.25) is 0 Å². The van der Waals surface area contributed by atoms with E-state index in [9.17, 15) is 5.26 Å². The molecule has 5 aromatic rings. The minimum Gasteiger partial charge on any atom is -0.494 e. The summed E-state index contributed by atoms with van der Waals surface area (Å²) >= 11 is 0. The second-order valence-electron chi connectivity index (χ2n) is 9.04. The van der Waals surface area contributed by atoms with Gasteiger partial charge in [-0.3, -0.25) is 0 Å². The molecule has 5 rings (SSSR count). The van der Waals surface area contributed by atoms with Crippen molar-refractivity contribution >= 4 is 22.7 Å². The fraction of sp³-hybridized carbons (Fsp3) is 0.167. The second-order valence-corrected chi connectivity index (χ2v) is 9.04. The van der Waals surface area contributed by atoms with E-state index in [2.05, 4.69) is 29.9 Å². The van der Waals surface area contributed by atoms with Crippen molar-refractivity contribution in [2.45, 2.75) is 20.3 Å². The van der Waals surface area contributed by atoms with E-state index in [1.807, 2.05) is 95.8 Å². The lowest BCUT2D eigenvalue weighted by Crippen LogP contribution is -2.01. The number of rotatable bonds is 8. The second kappa shape index (κ2) is 10.3. The van der Waals surface area contributed by atoms with Gasteiger partial charge in [0.15, 0.2) is 0 Å². The number of H-pyrrole nitrogens is 1. The molecule has 0 amide bonds. The number of nitrogens with zero attached hydrogens (tertiary/aromatic N) is 4. The summed E-state index contributed by atoms with van der Waals surface area (Å²) < 4.78 is 7.72. The van der Waals surface area contributed by atoms with Crippen molar-refractivity contribution in [2.24, 2.45) is 5.92 Å². The van der Waals surface area contributed by atoms with Crippen molar-refractivity contribution < 1.29 is 4.74 Å². The number of hydrogen-bond acceptors (Lipinski definition) is 4. The Morgan fingerprint density at radius 2 is 1.78 bits per heavy atom. The molecule has 36 heavy (non-hydrogen) atoms. The van der Waals surface area contributed by atoms with Gasteiger partial charge in [-0.15, -0.1) is 0 Å². The third-order valence-corrected chi connectivity index (χ3v) is 5.92. The molecular formula is C30H27N5O. The maximum Gasteiger partial charge on any atom is 0.149 e. The van der Waals surface area contributed by atoms with Crippen LogP contribution in [-0.2, 0) is 0 Å². The molecule has 0 spiro atoms. The number of imidazole rings is 1. The first-order valence-electron chi connectivity index (χ1n) is 12.1. The molecule has 3 aromatic carbocycles. The Hall–Kier alpha value is -4.63. The van der Waals surface area contributed by atoms with E-state index in [4.69, 9.17) is 9.84 Å². The van der Waals surface area contributed by atoms with Crippen LogP contribution in [0.15, 0.2) is 85.1 Å². The number of allylic oxidation sites excluding steroid dienone is 1. The van der Waals surface area contributed by atoms with Crippen molar-refractivity contribution in [3.8, 4) is 28.8 Å². The molecular weight excluding hydrogens is 446 g/mol. The minimum atomic E-state index is 0.439. The van der Waals surface area contributed by atoms with Crippen LogP contribution in [0, 0.1) is 17.2 Å². The molecule has 0 saturated heterocycles. The number of ether oxygens (including phenoxy) is 1. The average molecular weight is 474 g/mol. The highest BCUT2D eigenvalue weighted by Gasteiger charge is 2.15. The van der Waals surface area contributed by atoms with Crippen molar-refractivity contribution in [3.05, 3.63) is 96.4 Å². The molecule has 6 nitrogen and oxygen atoms in total. The summed E-state index contributed by atoms with van der Waals surface area (Å²) in [6.45, 7) is 5.06. The Balaban J connectivity index is 1.53. The highest BCUT2D eigenvalue weighted by Crippen LogP contribution is 2.29. The summed E-state index contributed by atoms with van der Waals surface area (Å²) in [6.07, 6.45) is 4.79. The normalized spacial score (nSPS) is 11.7. The number of aromatic nitrogens is 4. The van der Waals surface area contributed by atoms with Crippen LogP contribution in [-0.4, -0.2) is 26.4 Å². The van der Waals surface area contributed by atoms with E-state index in [1.165, 1.54) is 0 Å². The first-order valence-corrected chi connectivity index (χ1v) is 12.1. The van der Waals surface area contributed by atoms with Gasteiger partial charge in [-0.1, -0.05) is 44.2 Å². The molecule has 0 saturated carbocycles. The van der Waals surface area contributed by atoms with Crippen molar-refractivity contribution in [1.82, 2.24) is 19.7 Å². The molecule has 2 heterocycles. The third kappa shape index (κ3) is 5.06. The Morgan fingerprint density at radius 1 is 1.03 bits per heavy atom. The van der Waals surface area contributed by atoms with E-state index < -0.39 is 0 Å². The summed E-state index contributed by atoms with van der Waals surface area (Å²) in [5.41, 5.74) is 5.63. The Bertz CT molecular complexity index is 1500. The van der Waals surface area contributed by atoms with Crippen LogP contribution in [0.2, 0.25) is 0 Å². The molecule has 6 heteroatoms. The highest BCUT2D eigenvalue weighted by atomic mass is 16.5. The first-order chi connectivity index (χ1) is 17.6. The van der Waals surface area contributed by atoms with Crippen LogP contribution in [0.1, 0.15) is 31.7 Å². The molecule has 0 unspecified atom stereocenters. The Kier molecular flexibility index (Phi) is 6.63. The lowest BCUT2D eigenvalue weighted by molar-refractivity contribution is 0.289. The lowest BCUT2D eigenvalue weighted by atomic mass is 10.1. The average Bonchev–Trinajstić information content (AvgIpc) is 3.52. The maximum absolute atomic E-state index is 9.99. The van der Waals surface area contributed by atoms with Crippen LogP contribution < -0.4 is 4.74 Å². The fourth-order valence-electron chi connectivity index (χ4n) is 3.94. The number of nitrogens with one attached hydrogen (secondary N) is 1. The van der Waals surface area contributed by atoms with Gasteiger partial charge in [0, 0.05) is 17.3 Å². The van der Waals surface area contributed by atoms with Gasteiger partial charge in [0.25, 0.3) is 0 Å². The van der Waals surface area contributed by atoms with Gasteiger partial charge in [-0.25, -0.2) is 9.67 Å². The van der Waals surface area contributed by atoms with E-state index in [-0.39, 0.29) is 0 Å². The standard InChI is InChI=1S/C30H27N5O/c1-21(2)16-17-36-26-14-12-22(13-15-26)29-24(20-35(34-29)25-8-4-3-5-9-25)18-23(19-31)30-32-27-10-6-7-11-28(27)33-30/h3-15,18,20-21H,16-17H2,1-2H3,(H,32,33). The quantitative estimate of drug-likeness (QED) is 0.249. The molecule has 1 N–H and O–H groups in total. The van der Waals surface area contributed by atoms with Gasteiger partial charge in [0.05, 0.1) is 34.6 Å². The summed E-state index contributed by atoms with van der Waals surface area (Å²) in [6, 6.07) is 27.9. The van der Waals surface area contributed by atoms with Gasteiger partial charge in [0.1, 0.15) is 17.6 Å². The zero-order chi connectivity index (χ0) is 24.9. The van der Waals surface area contributed by atoms with E-state index in [1.54, 1.807) is 0 Å². The molecule has 0 radical (unpaired) electrons. The predicted octanol–water partition coefficient (Wildman–Crippen LogP) is 6.90. The molecule has 0 fully saturated rings. The van der Waals surface area contributed by atoms with Crippen molar-refractivity contribution in [1.29, 1.82) is 5.26 Å². The minimum absolute atomic E-state index is 0.439. The smallest absolute Gasteiger partial charge is 0.149 e. The molecule has 0 atom stereocenters. The van der Waals surface area contributed by atoms with Gasteiger partial charge in [-0.2, -0.15) is 10.4 Å². The maximum atomic E-state index is 9.99. The van der Waals surface area contributed by atoms with Gasteiger partial charge in [-0.05, 0) is 66.9 Å². The zero-order valence-corrected chi connectivity index (χ0v) is 20.3. The first kappa shape index (κ1) is 23.1. The van der Waals surface area contributed by atoms with Crippen LogP contribution >= 0.6 is 0 Å². The Labute approximate surface area is 210 Å². The van der Waals surface area contributed by atoms with E-state index >= 15 is 0 Å². The monoisotopic (exact) mass is 473 g/mol. The zero-order valence-electron chi connectivity index (χ0n) is 20.3. The Morgan fingerprint density at radius 3 is 2.50 bits per heavy atom. The molecule has 2 aromatic heterocycles. The van der Waals surface area contributed by atoms with Crippen molar-refractivity contribution in [2.75, 3.05) is 6.61 Å². The number of para-hydroxylation sites is 3. The third-order valence-electron chi connectivity index (χ3n) is 5.92. The lowest BCUT2D eigenvalue weighted by Gasteiger charge is -2.08. The van der Waals surface area contributed by atoms with E-state index in [0.717, 1.165) is 45.7 Å². The molecule has 0 aliphatic heterocycles. The predicted molar refractivity (Wildman–Crippen MR) is 144 cm³/mol. The van der Waals surface area contributed by atoms with Crippen LogP contribution in [0.4, 0.5) is 0 Å². The van der Waals surface area contributed by atoms with E-state index in [0.29, 0.717) is 23.9 Å². The number of fused-ring (bicyclic) bond motifs is 1. The number of aromatic amines is 1. The topological polar surface area (TPSA) is 79.5 Å². The molecule has 0 aliphatic rings. The summed E-state index contributed by atoms with van der Waals surface area (Å²) in [5, 5.41) is 14.9. The van der Waals surface area contributed by atoms with Crippen LogP contribution in [0.25, 0.3) is 39.6 Å². The van der Waals surface area contributed by atoms with Crippen LogP contribution in [0.3, 0.4) is 0 Å². The fourth-order valence-corrected chi connectivity index (χ4v) is 3.94. The summed E-state index contributed by atoms with van der Waals surface area (Å²) in [5.74, 6) is 1.96. The number of benzene rings is 3. The van der Waals surface area contributed by atoms with Gasteiger partial charge < -0.3 is 9.72 Å². The number of nitriles is 1.